The number of fused-ring (bicyclic) bond motifs is 6. The lowest BCUT2D eigenvalue weighted by Gasteiger charge is -2.30. The van der Waals surface area contributed by atoms with Gasteiger partial charge >= 0.3 is 12.2 Å². The van der Waals surface area contributed by atoms with Crippen molar-refractivity contribution in [2.24, 2.45) is 23.7 Å². The summed E-state index contributed by atoms with van der Waals surface area (Å²) in [5.74, 6) is 1.93. The van der Waals surface area contributed by atoms with Gasteiger partial charge in [0.1, 0.15) is 36.1 Å². The SMILES string of the molecule is CCC(C)[C@H](NC(=O)OC)C(=O)N1C[C@@H](C)CC1c1ncc(-c2ccc3c(c2)COc2cc4c(ccc5nc([C@@H]6C[C@H](COC)CN6C(=O)C(NC(=O)OC)C(C)C)[nH]c54)cc2-3)[nH]1. The Morgan fingerprint density at radius 3 is 2.29 bits per heavy atom. The van der Waals surface area contributed by atoms with Crippen LogP contribution in [0.5, 0.6) is 5.75 Å². The van der Waals surface area contributed by atoms with Gasteiger partial charge in [0.05, 0.1) is 55.8 Å². The third kappa shape index (κ3) is 8.40. The molecule has 2 aromatic heterocycles. The third-order valence-corrected chi connectivity index (χ3v) is 13.1. The zero-order valence-electron chi connectivity index (χ0n) is 37.2. The highest BCUT2D eigenvalue weighted by molar-refractivity contribution is 6.07. The molecule has 16 nitrogen and oxygen atoms in total. The molecule has 8 rings (SSSR count). The molecule has 3 aliphatic rings. The van der Waals surface area contributed by atoms with Crippen molar-refractivity contribution in [1.29, 1.82) is 0 Å². The van der Waals surface area contributed by atoms with Crippen LogP contribution in [0.25, 0.3) is 44.2 Å². The Balaban J connectivity index is 1.05. The topological polar surface area (TPSA) is 193 Å². The van der Waals surface area contributed by atoms with Crippen LogP contribution in [0.15, 0.2) is 48.7 Å². The number of H-pyrrole nitrogens is 2. The number of hydrogen-bond acceptors (Lipinski definition) is 10. The standard InChI is InChI=1S/C47H58N8O8/c1-9-26(5)40(53-47(59)62-8)45(57)54-20-25(4)14-36(54)42-48-19-35(50-42)29-10-12-31-30(16-29)23-63-38-18-32-28(17-33(31)38)11-13-34-41(32)51-43(49-34)37-15-27(22-60-6)21-55(37)44(56)39(24(2)3)52-46(58)61-7/h10-13,16-19,24-27,36-37,39-40H,9,14-15,20-23H2,1-8H3,(H,48,50)(H,49,51)(H,52,58)(H,53,59)/t25-,26?,27-,36?,37-,39?,40-/m0/s1. The minimum atomic E-state index is -0.762. The van der Waals surface area contributed by atoms with Crippen molar-refractivity contribution in [3.05, 3.63) is 65.9 Å². The second kappa shape index (κ2) is 17.9. The summed E-state index contributed by atoms with van der Waals surface area (Å²) in [6, 6.07) is 12.5. The summed E-state index contributed by atoms with van der Waals surface area (Å²) in [4.78, 5) is 73.0. The summed E-state index contributed by atoms with van der Waals surface area (Å²) in [5.41, 5.74) is 6.52. The van der Waals surface area contributed by atoms with E-state index in [-0.39, 0.29) is 47.6 Å². The lowest BCUT2D eigenvalue weighted by Crippen LogP contribution is -2.51. The Morgan fingerprint density at radius 2 is 1.57 bits per heavy atom. The van der Waals surface area contributed by atoms with Crippen molar-refractivity contribution >= 4 is 45.8 Å². The zero-order valence-corrected chi connectivity index (χ0v) is 37.2. The molecule has 3 aliphatic heterocycles. The number of nitrogens with zero attached hydrogens (tertiary/aromatic N) is 4. The summed E-state index contributed by atoms with van der Waals surface area (Å²) in [6.07, 6.45) is 2.67. The van der Waals surface area contributed by atoms with E-state index in [9.17, 15) is 19.2 Å². The molecule has 16 heteroatoms. The molecule has 334 valence electrons. The van der Waals surface area contributed by atoms with Crippen LogP contribution < -0.4 is 15.4 Å². The maximum atomic E-state index is 14.1. The first kappa shape index (κ1) is 43.5. The maximum Gasteiger partial charge on any atom is 0.407 e. The van der Waals surface area contributed by atoms with Crippen LogP contribution in [-0.4, -0.2) is 107 Å². The molecule has 5 aromatic rings. The second-order valence-electron chi connectivity index (χ2n) is 17.8. The monoisotopic (exact) mass is 862 g/mol. The average Bonchev–Trinajstić information content (AvgIpc) is 4.11. The molecular formula is C47H58N8O8. The maximum absolute atomic E-state index is 14.1. The van der Waals surface area contributed by atoms with Gasteiger partial charge in [-0.15, -0.1) is 0 Å². The molecule has 5 heterocycles. The predicted molar refractivity (Wildman–Crippen MR) is 237 cm³/mol. The molecule has 0 bridgehead atoms. The van der Waals surface area contributed by atoms with Gasteiger partial charge in [0.15, 0.2) is 0 Å². The first-order valence-electron chi connectivity index (χ1n) is 21.9. The van der Waals surface area contributed by atoms with Crippen molar-refractivity contribution in [1.82, 2.24) is 40.4 Å². The fourth-order valence-electron chi connectivity index (χ4n) is 9.55. The van der Waals surface area contributed by atoms with E-state index >= 15 is 0 Å². The normalized spacial score (nSPS) is 20.8. The van der Waals surface area contributed by atoms with E-state index < -0.39 is 24.3 Å². The van der Waals surface area contributed by atoms with E-state index in [2.05, 4.69) is 63.9 Å². The number of amides is 4. The molecule has 4 N–H and O–H groups in total. The Bertz CT molecular complexity index is 2530. The molecule has 4 amide bonds. The fraction of sp³-hybridized carbons (Fsp3) is 0.489. The van der Waals surface area contributed by atoms with Crippen LogP contribution >= 0.6 is 0 Å². The van der Waals surface area contributed by atoms with Crippen LogP contribution in [0.2, 0.25) is 0 Å². The Labute approximate surface area is 366 Å². The summed E-state index contributed by atoms with van der Waals surface area (Å²) < 4.78 is 21.6. The van der Waals surface area contributed by atoms with Crippen molar-refractivity contribution in [2.45, 2.75) is 84.7 Å². The number of alkyl carbamates (subject to hydrolysis) is 2. The highest BCUT2D eigenvalue weighted by Crippen LogP contribution is 2.44. The van der Waals surface area contributed by atoms with E-state index in [1.807, 2.05) is 49.8 Å². The summed E-state index contributed by atoms with van der Waals surface area (Å²) in [6.45, 7) is 11.8. The van der Waals surface area contributed by atoms with E-state index in [0.717, 1.165) is 68.3 Å². The van der Waals surface area contributed by atoms with Gasteiger partial charge in [0, 0.05) is 37.1 Å². The number of nitrogens with one attached hydrogen (secondary N) is 4. The van der Waals surface area contributed by atoms with Crippen molar-refractivity contribution in [3.8, 4) is 28.1 Å². The van der Waals surface area contributed by atoms with Crippen LogP contribution in [0.3, 0.4) is 0 Å². The predicted octanol–water partition coefficient (Wildman–Crippen LogP) is 7.26. The summed E-state index contributed by atoms with van der Waals surface area (Å²) in [5, 5.41) is 7.47. The summed E-state index contributed by atoms with van der Waals surface area (Å²) >= 11 is 0. The Hall–Kier alpha value is -6.16. The van der Waals surface area contributed by atoms with Gasteiger partial charge in [-0.2, -0.15) is 0 Å². The van der Waals surface area contributed by atoms with Crippen LogP contribution in [0.1, 0.15) is 83.2 Å². The minimum absolute atomic E-state index is 0.0789. The van der Waals surface area contributed by atoms with Gasteiger partial charge in [-0.3, -0.25) is 9.59 Å². The van der Waals surface area contributed by atoms with Crippen LogP contribution in [0.4, 0.5) is 9.59 Å². The van der Waals surface area contributed by atoms with Gasteiger partial charge in [-0.25, -0.2) is 19.6 Å². The molecule has 2 fully saturated rings. The zero-order chi connectivity index (χ0) is 44.7. The first-order valence-corrected chi connectivity index (χ1v) is 21.9. The van der Waals surface area contributed by atoms with Crippen molar-refractivity contribution in [3.63, 3.8) is 0 Å². The molecule has 0 aliphatic carbocycles. The molecule has 0 spiro atoms. The fourth-order valence-corrected chi connectivity index (χ4v) is 9.55. The van der Waals surface area contributed by atoms with Gasteiger partial charge in [0.25, 0.3) is 0 Å². The molecule has 3 aromatic carbocycles. The molecule has 2 saturated heterocycles. The van der Waals surface area contributed by atoms with Gasteiger partial charge in [-0.05, 0) is 76.9 Å². The molecule has 7 atom stereocenters. The van der Waals surface area contributed by atoms with E-state index in [0.29, 0.717) is 44.4 Å². The lowest BCUT2D eigenvalue weighted by molar-refractivity contribution is -0.136. The largest absolute Gasteiger partial charge is 0.488 e. The third-order valence-electron chi connectivity index (χ3n) is 13.1. The lowest BCUT2D eigenvalue weighted by atomic mass is 9.92. The van der Waals surface area contributed by atoms with Gasteiger partial charge < -0.3 is 49.3 Å². The van der Waals surface area contributed by atoms with Crippen molar-refractivity contribution in [2.75, 3.05) is 41.0 Å². The Kier molecular flexibility index (Phi) is 12.4. The summed E-state index contributed by atoms with van der Waals surface area (Å²) in [7, 11) is 4.25. The number of ether oxygens (including phenoxy) is 4. The minimum Gasteiger partial charge on any atom is -0.488 e. The van der Waals surface area contributed by atoms with E-state index in [4.69, 9.17) is 28.9 Å². The van der Waals surface area contributed by atoms with Gasteiger partial charge in [-0.1, -0.05) is 59.2 Å². The number of carbonyl (C=O) groups is 4. The number of rotatable bonds is 12. The first-order chi connectivity index (χ1) is 30.3. The van der Waals surface area contributed by atoms with E-state index in [1.165, 1.54) is 14.2 Å². The smallest absolute Gasteiger partial charge is 0.407 e. The quantitative estimate of drug-likeness (QED) is 0.0992. The van der Waals surface area contributed by atoms with Crippen LogP contribution in [0, 0.1) is 23.7 Å². The molecule has 0 saturated carbocycles. The molecular weight excluding hydrogens is 805 g/mol. The number of methoxy groups -OCH3 is 3. The molecule has 3 unspecified atom stereocenters. The number of carbonyl (C=O) groups excluding carboxylic acids is 4. The van der Waals surface area contributed by atoms with Gasteiger partial charge in [0.2, 0.25) is 11.8 Å². The number of benzene rings is 3. The average molecular weight is 863 g/mol. The highest BCUT2D eigenvalue weighted by Gasteiger charge is 2.43. The molecule has 63 heavy (non-hydrogen) atoms. The number of aromatic nitrogens is 4. The van der Waals surface area contributed by atoms with E-state index in [1.54, 1.807) is 7.11 Å². The second-order valence-corrected chi connectivity index (χ2v) is 17.8. The number of hydrogen-bond donors (Lipinski definition) is 4. The molecule has 0 radical (unpaired) electrons. The highest BCUT2D eigenvalue weighted by atomic mass is 16.5. The number of aromatic amines is 2. The number of likely N-dealkylation sites (tertiary alicyclic amines) is 2. The van der Waals surface area contributed by atoms with Crippen LogP contribution in [-0.2, 0) is 30.4 Å². The Morgan fingerprint density at radius 1 is 0.857 bits per heavy atom. The van der Waals surface area contributed by atoms with Crippen molar-refractivity contribution < 1.29 is 38.1 Å². The number of imidazole rings is 2.